The first-order valence-corrected chi connectivity index (χ1v) is 9.22. The number of ketones is 1. The third-order valence-electron chi connectivity index (χ3n) is 4.90. The smallest absolute Gasteiger partial charge is 0.248 e. The number of halogens is 1. The molecule has 0 saturated carbocycles. The summed E-state index contributed by atoms with van der Waals surface area (Å²) in [4.78, 5) is 38.3. The highest BCUT2D eigenvalue weighted by Gasteiger charge is 2.53. The van der Waals surface area contributed by atoms with Gasteiger partial charge in [-0.3, -0.25) is 25.0 Å². The molecule has 2 amide bonds. The Bertz CT molecular complexity index is 500. The van der Waals surface area contributed by atoms with Crippen LogP contribution in [0.15, 0.2) is 0 Å². The zero-order chi connectivity index (χ0) is 20.7. The van der Waals surface area contributed by atoms with Crippen LogP contribution in [-0.2, 0) is 14.4 Å². The molecule has 7 N–H and O–H groups in total. The molecule has 4 atom stereocenters. The third-order valence-corrected chi connectivity index (χ3v) is 4.90. The average molecular weight is 409 g/mol. The van der Waals surface area contributed by atoms with Crippen molar-refractivity contribution in [3.8, 4) is 0 Å². The molecule has 0 radical (unpaired) electrons. The molecule has 0 aliphatic carbocycles. The first-order valence-electron chi connectivity index (χ1n) is 9.22. The number of nitrogens with one attached hydrogen (secondary N) is 2. The standard InChI is InChI=1S/C18H36N4O4.ClH/c1-7-18(9-11(4)5,15(23)12(6)19)14(17(25)22-26)13(8-10(2)3)16(24)21-20;/h10-14,26H,7-9,19-20H2,1-6H3,(H,21,24)(H,22,25);1H/t12-,13-,14?,18?;/m1./s1. The molecule has 0 aliphatic heterocycles. The summed E-state index contributed by atoms with van der Waals surface area (Å²) in [5.41, 5.74) is 8.47. The van der Waals surface area contributed by atoms with Gasteiger partial charge >= 0.3 is 0 Å². The molecule has 0 aromatic rings. The van der Waals surface area contributed by atoms with Gasteiger partial charge in [0.15, 0.2) is 5.78 Å². The summed E-state index contributed by atoms with van der Waals surface area (Å²) in [5, 5.41) is 9.35. The van der Waals surface area contributed by atoms with Crippen molar-refractivity contribution >= 4 is 30.0 Å². The fourth-order valence-corrected chi connectivity index (χ4v) is 4.00. The Labute approximate surface area is 168 Å². The van der Waals surface area contributed by atoms with Crippen molar-refractivity contribution in [2.45, 2.75) is 66.8 Å². The van der Waals surface area contributed by atoms with E-state index in [1.165, 1.54) is 0 Å². The number of hydrazine groups is 1. The minimum absolute atomic E-state index is 0. The molecule has 9 heteroatoms. The van der Waals surface area contributed by atoms with Crippen LogP contribution in [0.1, 0.15) is 60.8 Å². The number of amides is 2. The molecular formula is C18H37ClN4O4. The van der Waals surface area contributed by atoms with Crippen LogP contribution < -0.4 is 22.5 Å². The Hall–Kier alpha value is -1.22. The summed E-state index contributed by atoms with van der Waals surface area (Å²) < 4.78 is 0. The van der Waals surface area contributed by atoms with Gasteiger partial charge in [-0.1, -0.05) is 34.6 Å². The summed E-state index contributed by atoms with van der Waals surface area (Å²) in [6.45, 7) is 11.1. The van der Waals surface area contributed by atoms with Gasteiger partial charge in [-0.2, -0.15) is 0 Å². The molecule has 2 unspecified atom stereocenters. The van der Waals surface area contributed by atoms with Crippen molar-refractivity contribution in [1.29, 1.82) is 0 Å². The van der Waals surface area contributed by atoms with Gasteiger partial charge in [-0.15, -0.1) is 12.4 Å². The lowest BCUT2D eigenvalue weighted by atomic mass is 9.59. The van der Waals surface area contributed by atoms with Crippen LogP contribution in [0.5, 0.6) is 0 Å². The topological polar surface area (TPSA) is 148 Å². The molecule has 0 aromatic carbocycles. The van der Waals surface area contributed by atoms with E-state index in [0.717, 1.165) is 0 Å². The van der Waals surface area contributed by atoms with Crippen LogP contribution in [0.2, 0.25) is 0 Å². The monoisotopic (exact) mass is 408 g/mol. The SMILES string of the molecule is CCC(CC(C)C)(C(=O)[C@@H](C)N)C(C(=O)NO)[C@@H](CC(C)C)C(=O)NN.Cl. The molecule has 27 heavy (non-hydrogen) atoms. The molecule has 160 valence electrons. The largest absolute Gasteiger partial charge is 0.322 e. The third kappa shape index (κ3) is 7.03. The summed E-state index contributed by atoms with van der Waals surface area (Å²) in [6.07, 6.45) is 1.03. The van der Waals surface area contributed by atoms with Gasteiger partial charge in [0.25, 0.3) is 0 Å². The number of hydroxylamine groups is 1. The summed E-state index contributed by atoms with van der Waals surface area (Å²) in [6, 6.07) is -0.802. The predicted molar refractivity (Wildman–Crippen MR) is 107 cm³/mol. The van der Waals surface area contributed by atoms with Crippen molar-refractivity contribution in [2.24, 2.45) is 40.7 Å². The predicted octanol–water partition coefficient (Wildman–Crippen LogP) is 1.54. The van der Waals surface area contributed by atoms with Gasteiger partial charge in [0.2, 0.25) is 11.8 Å². The zero-order valence-electron chi connectivity index (χ0n) is 17.2. The van der Waals surface area contributed by atoms with Crippen molar-refractivity contribution in [3.05, 3.63) is 0 Å². The zero-order valence-corrected chi connectivity index (χ0v) is 18.1. The number of carbonyl (C=O) groups excluding carboxylic acids is 3. The number of rotatable bonds is 11. The van der Waals surface area contributed by atoms with E-state index in [1.54, 1.807) is 19.3 Å². The molecule has 0 saturated heterocycles. The van der Waals surface area contributed by atoms with E-state index in [9.17, 15) is 19.6 Å². The number of Topliss-reactive ketones (excluding diaryl/α,β-unsaturated/α-hetero) is 1. The van der Waals surface area contributed by atoms with Gasteiger partial charge in [0.05, 0.1) is 17.9 Å². The van der Waals surface area contributed by atoms with Gasteiger partial charge in [0.1, 0.15) is 0 Å². The molecule has 8 nitrogen and oxygen atoms in total. The maximum absolute atomic E-state index is 13.1. The average Bonchev–Trinajstić information content (AvgIpc) is 2.57. The normalized spacial score (nSPS) is 16.7. The molecule has 0 heterocycles. The van der Waals surface area contributed by atoms with Crippen LogP contribution in [0.3, 0.4) is 0 Å². The molecule has 0 spiro atoms. The lowest BCUT2D eigenvalue weighted by Crippen LogP contribution is -2.57. The van der Waals surface area contributed by atoms with Crippen LogP contribution in [-0.4, -0.2) is 28.8 Å². The number of carbonyl (C=O) groups is 3. The van der Waals surface area contributed by atoms with E-state index in [0.29, 0.717) is 19.3 Å². The van der Waals surface area contributed by atoms with Crippen LogP contribution in [0.25, 0.3) is 0 Å². The molecular weight excluding hydrogens is 372 g/mol. The summed E-state index contributed by atoms with van der Waals surface area (Å²) >= 11 is 0. The first kappa shape index (κ1) is 28.0. The maximum atomic E-state index is 13.1. The molecule has 0 fully saturated rings. The highest BCUT2D eigenvalue weighted by atomic mass is 35.5. The fourth-order valence-electron chi connectivity index (χ4n) is 4.00. The van der Waals surface area contributed by atoms with Gasteiger partial charge < -0.3 is 5.73 Å². The second kappa shape index (κ2) is 12.3. The van der Waals surface area contributed by atoms with Crippen LogP contribution in [0, 0.1) is 29.1 Å². The van der Waals surface area contributed by atoms with Gasteiger partial charge in [-0.25, -0.2) is 11.3 Å². The number of nitrogens with two attached hydrogens (primary N) is 2. The fraction of sp³-hybridized carbons (Fsp3) is 0.833. The van der Waals surface area contributed by atoms with E-state index < -0.39 is 35.1 Å². The van der Waals surface area contributed by atoms with E-state index >= 15 is 0 Å². The van der Waals surface area contributed by atoms with Crippen molar-refractivity contribution < 1.29 is 19.6 Å². The quantitative estimate of drug-likeness (QED) is 0.151. The second-order valence-electron chi connectivity index (χ2n) is 7.96. The van der Waals surface area contributed by atoms with Crippen molar-refractivity contribution in [3.63, 3.8) is 0 Å². The highest BCUT2D eigenvalue weighted by molar-refractivity contribution is 5.97. The molecule has 0 rings (SSSR count). The van der Waals surface area contributed by atoms with Crippen molar-refractivity contribution in [2.75, 3.05) is 0 Å². The molecule has 0 aromatic heterocycles. The number of hydrogen-bond donors (Lipinski definition) is 5. The van der Waals surface area contributed by atoms with Crippen molar-refractivity contribution in [1.82, 2.24) is 10.9 Å². The Morgan fingerprint density at radius 3 is 1.85 bits per heavy atom. The number of hydrogen-bond acceptors (Lipinski definition) is 6. The van der Waals surface area contributed by atoms with E-state index in [1.807, 2.05) is 27.7 Å². The van der Waals surface area contributed by atoms with Crippen LogP contribution in [0.4, 0.5) is 0 Å². The van der Waals surface area contributed by atoms with Gasteiger partial charge in [0, 0.05) is 5.41 Å². The summed E-state index contributed by atoms with van der Waals surface area (Å²) in [5.74, 6) is 1.96. The summed E-state index contributed by atoms with van der Waals surface area (Å²) in [7, 11) is 0. The van der Waals surface area contributed by atoms with E-state index in [4.69, 9.17) is 11.6 Å². The highest BCUT2D eigenvalue weighted by Crippen LogP contribution is 2.45. The minimum Gasteiger partial charge on any atom is -0.322 e. The minimum atomic E-state index is -1.18. The van der Waals surface area contributed by atoms with E-state index in [2.05, 4.69) is 5.43 Å². The first-order chi connectivity index (χ1) is 12.0. The molecule has 0 bridgehead atoms. The Morgan fingerprint density at radius 1 is 1.04 bits per heavy atom. The second-order valence-corrected chi connectivity index (χ2v) is 7.96. The van der Waals surface area contributed by atoms with Crippen LogP contribution >= 0.6 is 12.4 Å². The Kier molecular flexibility index (Phi) is 12.7. The lowest BCUT2D eigenvalue weighted by Gasteiger charge is -2.43. The Morgan fingerprint density at radius 2 is 1.56 bits per heavy atom. The molecule has 0 aliphatic rings. The lowest BCUT2D eigenvalue weighted by molar-refractivity contribution is -0.155. The van der Waals surface area contributed by atoms with Gasteiger partial charge in [-0.05, 0) is 38.0 Å². The Balaban J connectivity index is 0. The van der Waals surface area contributed by atoms with E-state index in [-0.39, 0.29) is 30.0 Å². The maximum Gasteiger partial charge on any atom is 0.248 e.